The van der Waals surface area contributed by atoms with E-state index in [2.05, 4.69) is 15.5 Å². The molecule has 4 heteroatoms. The third kappa shape index (κ3) is 2.68. The molecule has 0 bridgehead atoms. The van der Waals surface area contributed by atoms with Crippen molar-refractivity contribution in [1.29, 1.82) is 0 Å². The Kier molecular flexibility index (Phi) is 3.34. The van der Waals surface area contributed by atoms with Crippen molar-refractivity contribution in [2.75, 3.05) is 0 Å². The van der Waals surface area contributed by atoms with Gasteiger partial charge in [0.15, 0.2) is 0 Å². The number of nitrogens with zero attached hydrogens (tertiary/aromatic N) is 1. The van der Waals surface area contributed by atoms with Crippen molar-refractivity contribution in [3.8, 4) is 0 Å². The van der Waals surface area contributed by atoms with Gasteiger partial charge in [-0.05, 0) is 43.4 Å². The maximum atomic E-state index is 12.8. The first-order valence-electron chi connectivity index (χ1n) is 6.70. The number of aromatic nitrogens is 2. The molecule has 1 aliphatic carbocycles. The van der Waals surface area contributed by atoms with E-state index in [0.29, 0.717) is 12.0 Å². The normalized spacial score (nSPS) is 22.2. The van der Waals surface area contributed by atoms with E-state index in [4.69, 9.17) is 0 Å². The number of aromatic amines is 1. The lowest BCUT2D eigenvalue weighted by molar-refractivity contribution is 0.289. The lowest BCUT2D eigenvalue weighted by Crippen LogP contribution is -2.39. The second-order valence-electron chi connectivity index (χ2n) is 5.32. The highest BCUT2D eigenvalue weighted by Gasteiger charge is 2.29. The molecule has 1 heterocycles. The summed E-state index contributed by atoms with van der Waals surface area (Å²) in [6.07, 6.45) is 4.13. The predicted octanol–water partition coefficient (Wildman–Crippen LogP) is 2.89. The molecule has 1 saturated carbocycles. The van der Waals surface area contributed by atoms with Gasteiger partial charge in [0, 0.05) is 23.8 Å². The predicted molar refractivity (Wildman–Crippen MR) is 72.3 cm³/mol. The van der Waals surface area contributed by atoms with Crippen LogP contribution in [0.3, 0.4) is 0 Å². The largest absolute Gasteiger partial charge is 0.310 e. The highest BCUT2D eigenvalue weighted by Crippen LogP contribution is 2.36. The summed E-state index contributed by atoms with van der Waals surface area (Å²) >= 11 is 0. The first-order chi connectivity index (χ1) is 9.22. The Bertz CT molecular complexity index is 541. The second-order valence-corrected chi connectivity index (χ2v) is 5.32. The molecular formula is C15H18FN3. The molecule has 100 valence electrons. The molecule has 0 spiro atoms. The van der Waals surface area contributed by atoms with Gasteiger partial charge in [-0.25, -0.2) is 4.39 Å². The first-order valence-corrected chi connectivity index (χ1v) is 6.70. The van der Waals surface area contributed by atoms with Crippen LogP contribution in [0.4, 0.5) is 4.39 Å². The lowest BCUT2D eigenvalue weighted by atomic mass is 9.76. The van der Waals surface area contributed by atoms with Crippen LogP contribution in [-0.2, 0) is 6.54 Å². The zero-order chi connectivity index (χ0) is 13.2. The SMILES string of the molecule is Cc1[nH]ncc1CNC1CC(c2ccc(F)cc2)C1. The van der Waals surface area contributed by atoms with Crippen LogP contribution in [-0.4, -0.2) is 16.2 Å². The maximum Gasteiger partial charge on any atom is 0.123 e. The van der Waals surface area contributed by atoms with E-state index in [1.165, 1.54) is 11.1 Å². The van der Waals surface area contributed by atoms with Crippen LogP contribution in [0.2, 0.25) is 0 Å². The van der Waals surface area contributed by atoms with Crippen LogP contribution in [0.5, 0.6) is 0 Å². The quantitative estimate of drug-likeness (QED) is 0.886. The van der Waals surface area contributed by atoms with Crippen LogP contribution >= 0.6 is 0 Å². The monoisotopic (exact) mass is 259 g/mol. The molecule has 0 saturated heterocycles. The van der Waals surface area contributed by atoms with E-state index in [9.17, 15) is 4.39 Å². The summed E-state index contributed by atoms with van der Waals surface area (Å²) in [5.74, 6) is 0.414. The number of rotatable bonds is 4. The van der Waals surface area contributed by atoms with Gasteiger partial charge in [-0.15, -0.1) is 0 Å². The molecule has 1 fully saturated rings. The minimum absolute atomic E-state index is 0.159. The second kappa shape index (κ2) is 5.13. The highest BCUT2D eigenvalue weighted by molar-refractivity contribution is 5.23. The molecule has 2 N–H and O–H groups in total. The van der Waals surface area contributed by atoms with Crippen molar-refractivity contribution < 1.29 is 4.39 Å². The van der Waals surface area contributed by atoms with E-state index in [1.54, 1.807) is 12.1 Å². The minimum Gasteiger partial charge on any atom is -0.310 e. The number of H-pyrrole nitrogens is 1. The smallest absolute Gasteiger partial charge is 0.123 e. The van der Waals surface area contributed by atoms with Crippen molar-refractivity contribution in [2.24, 2.45) is 0 Å². The van der Waals surface area contributed by atoms with Crippen LogP contribution in [0, 0.1) is 12.7 Å². The van der Waals surface area contributed by atoms with Gasteiger partial charge in [-0.1, -0.05) is 12.1 Å². The maximum absolute atomic E-state index is 12.8. The third-order valence-electron chi connectivity index (χ3n) is 3.99. The summed E-state index contributed by atoms with van der Waals surface area (Å²) in [5, 5.41) is 10.5. The van der Waals surface area contributed by atoms with Gasteiger partial charge in [-0.3, -0.25) is 5.10 Å². The molecule has 1 aromatic heterocycles. The zero-order valence-corrected chi connectivity index (χ0v) is 11.0. The van der Waals surface area contributed by atoms with E-state index in [-0.39, 0.29) is 5.82 Å². The van der Waals surface area contributed by atoms with Crippen molar-refractivity contribution in [3.05, 3.63) is 53.1 Å². The molecule has 19 heavy (non-hydrogen) atoms. The Hall–Kier alpha value is -1.68. The summed E-state index contributed by atoms with van der Waals surface area (Å²) in [6.45, 7) is 2.90. The number of hydrogen-bond donors (Lipinski definition) is 2. The average Bonchev–Trinajstić information content (AvgIpc) is 2.75. The minimum atomic E-state index is -0.159. The molecule has 0 aliphatic heterocycles. The molecule has 3 rings (SSSR count). The summed E-state index contributed by atoms with van der Waals surface area (Å²) in [4.78, 5) is 0. The molecule has 0 atom stereocenters. The van der Waals surface area contributed by atoms with Gasteiger partial charge in [0.25, 0.3) is 0 Å². The summed E-state index contributed by atoms with van der Waals surface area (Å²) in [5.41, 5.74) is 3.60. The van der Waals surface area contributed by atoms with Crippen LogP contribution < -0.4 is 5.32 Å². The number of benzene rings is 1. The molecule has 2 aromatic rings. The van der Waals surface area contributed by atoms with Gasteiger partial charge in [0.1, 0.15) is 5.82 Å². The van der Waals surface area contributed by atoms with Crippen molar-refractivity contribution in [3.63, 3.8) is 0 Å². The fraction of sp³-hybridized carbons (Fsp3) is 0.400. The van der Waals surface area contributed by atoms with Crippen molar-refractivity contribution >= 4 is 0 Å². The average molecular weight is 259 g/mol. The topological polar surface area (TPSA) is 40.7 Å². The Labute approximate surface area is 112 Å². The van der Waals surface area contributed by atoms with Gasteiger partial charge < -0.3 is 5.32 Å². The lowest BCUT2D eigenvalue weighted by Gasteiger charge is -2.36. The molecule has 0 unspecified atom stereocenters. The zero-order valence-electron chi connectivity index (χ0n) is 11.0. The summed E-state index contributed by atoms with van der Waals surface area (Å²) in [6, 6.07) is 7.45. The summed E-state index contributed by atoms with van der Waals surface area (Å²) < 4.78 is 12.8. The molecule has 0 radical (unpaired) electrons. The van der Waals surface area contributed by atoms with E-state index in [1.807, 2.05) is 25.3 Å². The van der Waals surface area contributed by atoms with E-state index >= 15 is 0 Å². The van der Waals surface area contributed by atoms with E-state index < -0.39 is 0 Å². The molecule has 3 nitrogen and oxygen atoms in total. The first kappa shape index (κ1) is 12.4. The Morgan fingerprint density at radius 1 is 1.32 bits per heavy atom. The molecule has 1 aromatic carbocycles. The molecule has 1 aliphatic rings. The van der Waals surface area contributed by atoms with Gasteiger partial charge in [0.05, 0.1) is 6.20 Å². The standard InChI is InChI=1S/C15H18FN3/c1-10-13(9-18-19-10)8-17-15-6-12(7-15)11-2-4-14(16)5-3-11/h2-5,9,12,15,17H,6-8H2,1H3,(H,18,19). The van der Waals surface area contributed by atoms with Crippen molar-refractivity contribution in [2.45, 2.75) is 38.3 Å². The van der Waals surface area contributed by atoms with Gasteiger partial charge in [0.2, 0.25) is 0 Å². The Morgan fingerprint density at radius 2 is 2.05 bits per heavy atom. The number of halogens is 1. The number of aryl methyl sites for hydroxylation is 1. The number of nitrogens with one attached hydrogen (secondary N) is 2. The fourth-order valence-corrected chi connectivity index (χ4v) is 2.60. The molecular weight excluding hydrogens is 241 g/mol. The molecule has 0 amide bonds. The van der Waals surface area contributed by atoms with Crippen LogP contribution in [0.15, 0.2) is 30.5 Å². The number of hydrogen-bond acceptors (Lipinski definition) is 2. The fourth-order valence-electron chi connectivity index (χ4n) is 2.60. The highest BCUT2D eigenvalue weighted by atomic mass is 19.1. The van der Waals surface area contributed by atoms with Crippen LogP contribution in [0.25, 0.3) is 0 Å². The summed E-state index contributed by atoms with van der Waals surface area (Å²) in [7, 11) is 0. The van der Waals surface area contributed by atoms with Crippen LogP contribution in [0.1, 0.15) is 35.6 Å². The van der Waals surface area contributed by atoms with E-state index in [0.717, 1.165) is 25.1 Å². The van der Waals surface area contributed by atoms with Crippen molar-refractivity contribution in [1.82, 2.24) is 15.5 Å². The van der Waals surface area contributed by atoms with Gasteiger partial charge >= 0.3 is 0 Å². The third-order valence-corrected chi connectivity index (χ3v) is 3.99. The van der Waals surface area contributed by atoms with Gasteiger partial charge in [-0.2, -0.15) is 5.10 Å². The Morgan fingerprint density at radius 3 is 2.68 bits per heavy atom. The Balaban J connectivity index is 1.48.